The summed E-state index contributed by atoms with van der Waals surface area (Å²) in [5.41, 5.74) is 5.43. The van der Waals surface area contributed by atoms with Gasteiger partial charge in [-0.15, -0.1) is 0 Å². The first-order valence-corrected chi connectivity index (χ1v) is 9.85. The van der Waals surface area contributed by atoms with Crippen LogP contribution in [0, 0.1) is 0 Å². The fourth-order valence-electron chi connectivity index (χ4n) is 3.87. The quantitative estimate of drug-likeness (QED) is 0.785. The lowest BCUT2D eigenvalue weighted by atomic mass is 9.93. The zero-order valence-electron chi connectivity index (χ0n) is 17.0. The molecule has 1 aliphatic carbocycles. The molecule has 0 bridgehead atoms. The SMILES string of the molecule is COC(=O)C1=C(C(=O)OC)N(c2ccc(-c3n[nH]c4c3CCCC4)cc2)C=CC=C1. The fourth-order valence-corrected chi connectivity index (χ4v) is 3.87. The molecule has 0 saturated carbocycles. The van der Waals surface area contributed by atoms with Gasteiger partial charge in [-0.2, -0.15) is 5.10 Å². The number of nitrogens with zero attached hydrogens (tertiary/aromatic N) is 2. The number of allylic oxidation sites excluding steroid dienone is 2. The van der Waals surface area contributed by atoms with Gasteiger partial charge in [0.2, 0.25) is 0 Å². The predicted molar refractivity (Wildman–Crippen MR) is 112 cm³/mol. The Bertz CT molecular complexity index is 1060. The molecular weight excluding hydrogens is 382 g/mol. The monoisotopic (exact) mass is 405 g/mol. The third-order valence-electron chi connectivity index (χ3n) is 5.36. The number of ether oxygens (including phenoxy) is 2. The molecule has 0 unspecified atom stereocenters. The maximum atomic E-state index is 12.5. The van der Waals surface area contributed by atoms with E-state index in [1.165, 1.54) is 38.3 Å². The number of carbonyl (C=O) groups is 2. The molecule has 4 rings (SSSR count). The molecule has 1 N–H and O–H groups in total. The Kier molecular flexibility index (Phi) is 5.52. The highest BCUT2D eigenvalue weighted by Gasteiger charge is 2.27. The van der Waals surface area contributed by atoms with Crippen LogP contribution < -0.4 is 4.90 Å². The largest absolute Gasteiger partial charge is 0.465 e. The van der Waals surface area contributed by atoms with Crippen molar-refractivity contribution in [3.05, 3.63) is 71.2 Å². The number of nitrogens with one attached hydrogen (secondary N) is 1. The number of carbonyl (C=O) groups excluding carboxylic acids is 2. The molecule has 2 heterocycles. The first-order valence-electron chi connectivity index (χ1n) is 9.85. The molecule has 7 heteroatoms. The van der Waals surface area contributed by atoms with Gasteiger partial charge in [0.25, 0.3) is 0 Å². The zero-order valence-corrected chi connectivity index (χ0v) is 17.0. The zero-order chi connectivity index (χ0) is 21.1. The molecular formula is C23H23N3O4. The third-order valence-corrected chi connectivity index (χ3v) is 5.36. The molecule has 0 atom stereocenters. The van der Waals surface area contributed by atoms with Crippen LogP contribution in [0.3, 0.4) is 0 Å². The lowest BCUT2D eigenvalue weighted by Gasteiger charge is -2.23. The maximum absolute atomic E-state index is 12.5. The van der Waals surface area contributed by atoms with E-state index in [1.54, 1.807) is 29.3 Å². The summed E-state index contributed by atoms with van der Waals surface area (Å²) in [6.45, 7) is 0. The van der Waals surface area contributed by atoms with E-state index < -0.39 is 11.9 Å². The maximum Gasteiger partial charge on any atom is 0.355 e. The van der Waals surface area contributed by atoms with E-state index in [-0.39, 0.29) is 11.3 Å². The van der Waals surface area contributed by atoms with Crippen LogP contribution in [0.25, 0.3) is 11.3 Å². The fraction of sp³-hybridized carbons (Fsp3) is 0.261. The topological polar surface area (TPSA) is 84.5 Å². The van der Waals surface area contributed by atoms with Gasteiger partial charge in [0.05, 0.1) is 25.5 Å². The van der Waals surface area contributed by atoms with Crippen LogP contribution in [0.4, 0.5) is 5.69 Å². The number of aryl methyl sites for hydroxylation is 1. The van der Waals surface area contributed by atoms with Crippen molar-refractivity contribution >= 4 is 17.6 Å². The van der Waals surface area contributed by atoms with E-state index in [0.29, 0.717) is 5.69 Å². The summed E-state index contributed by atoms with van der Waals surface area (Å²) in [4.78, 5) is 26.4. The first kappa shape index (κ1) is 19.7. The number of fused-ring (bicyclic) bond motifs is 1. The summed E-state index contributed by atoms with van der Waals surface area (Å²) in [5.74, 6) is -1.24. The van der Waals surface area contributed by atoms with E-state index in [2.05, 4.69) is 10.2 Å². The van der Waals surface area contributed by atoms with Gasteiger partial charge < -0.3 is 14.4 Å². The molecule has 0 fully saturated rings. The van der Waals surface area contributed by atoms with Crippen LogP contribution >= 0.6 is 0 Å². The minimum atomic E-state index is -0.628. The van der Waals surface area contributed by atoms with Crippen molar-refractivity contribution < 1.29 is 19.1 Å². The second-order valence-corrected chi connectivity index (χ2v) is 7.10. The number of rotatable bonds is 4. The van der Waals surface area contributed by atoms with Gasteiger partial charge in [-0.25, -0.2) is 9.59 Å². The van der Waals surface area contributed by atoms with E-state index in [1.807, 2.05) is 24.3 Å². The lowest BCUT2D eigenvalue weighted by molar-refractivity contribution is -0.139. The van der Waals surface area contributed by atoms with Crippen LogP contribution in [-0.2, 0) is 31.9 Å². The number of hydrogen-bond acceptors (Lipinski definition) is 6. The minimum Gasteiger partial charge on any atom is -0.465 e. The predicted octanol–water partition coefficient (Wildman–Crippen LogP) is 3.45. The van der Waals surface area contributed by atoms with Gasteiger partial charge in [-0.05, 0) is 50.0 Å². The van der Waals surface area contributed by atoms with Crippen LogP contribution in [0.1, 0.15) is 24.1 Å². The normalized spacial score (nSPS) is 15.6. The average Bonchev–Trinajstić information content (AvgIpc) is 3.10. The summed E-state index contributed by atoms with van der Waals surface area (Å²) in [5, 5.41) is 7.69. The van der Waals surface area contributed by atoms with E-state index in [0.717, 1.165) is 24.1 Å². The summed E-state index contributed by atoms with van der Waals surface area (Å²) in [7, 11) is 2.56. The number of aromatic amines is 1. The first-order chi connectivity index (χ1) is 14.6. The average molecular weight is 405 g/mol. The van der Waals surface area contributed by atoms with Crippen molar-refractivity contribution in [2.24, 2.45) is 0 Å². The van der Waals surface area contributed by atoms with Gasteiger partial charge in [0.15, 0.2) is 0 Å². The van der Waals surface area contributed by atoms with Crippen molar-refractivity contribution in [3.8, 4) is 11.3 Å². The number of aromatic nitrogens is 2. The smallest absolute Gasteiger partial charge is 0.355 e. The standard InChI is InChI=1S/C23H23N3O4/c1-29-22(27)18-8-5-6-14-26(21(18)23(28)30-2)16-12-10-15(11-13-16)20-17-7-3-4-9-19(17)24-25-20/h5-6,8,10-14H,3-4,7,9H2,1-2H3,(H,24,25). The van der Waals surface area contributed by atoms with Crippen molar-refractivity contribution in [1.29, 1.82) is 0 Å². The number of anilines is 1. The molecule has 30 heavy (non-hydrogen) atoms. The van der Waals surface area contributed by atoms with E-state index in [9.17, 15) is 9.59 Å². The van der Waals surface area contributed by atoms with Crippen molar-refractivity contribution in [3.63, 3.8) is 0 Å². The molecule has 0 spiro atoms. The molecule has 0 amide bonds. The highest BCUT2D eigenvalue weighted by Crippen LogP contribution is 2.32. The summed E-state index contributed by atoms with van der Waals surface area (Å²) in [6.07, 6.45) is 11.1. The highest BCUT2D eigenvalue weighted by atomic mass is 16.5. The second kappa shape index (κ2) is 8.41. The Morgan fingerprint density at radius 2 is 1.73 bits per heavy atom. The Hall–Kier alpha value is -3.61. The molecule has 1 aromatic carbocycles. The molecule has 0 radical (unpaired) electrons. The van der Waals surface area contributed by atoms with Crippen LogP contribution in [-0.4, -0.2) is 36.4 Å². The Morgan fingerprint density at radius 3 is 2.47 bits per heavy atom. The summed E-state index contributed by atoms with van der Waals surface area (Å²) >= 11 is 0. The summed E-state index contributed by atoms with van der Waals surface area (Å²) in [6, 6.07) is 7.73. The van der Waals surface area contributed by atoms with E-state index in [4.69, 9.17) is 9.47 Å². The van der Waals surface area contributed by atoms with Crippen LogP contribution in [0.5, 0.6) is 0 Å². The second-order valence-electron chi connectivity index (χ2n) is 7.10. The highest BCUT2D eigenvalue weighted by molar-refractivity contribution is 6.05. The Morgan fingerprint density at radius 1 is 1.00 bits per heavy atom. The van der Waals surface area contributed by atoms with Gasteiger partial charge in [0, 0.05) is 28.7 Å². The minimum absolute atomic E-state index is 0.0965. The van der Waals surface area contributed by atoms with Gasteiger partial charge >= 0.3 is 11.9 Å². The van der Waals surface area contributed by atoms with E-state index >= 15 is 0 Å². The molecule has 154 valence electrons. The Labute approximate surface area is 174 Å². The number of methoxy groups -OCH3 is 2. The van der Waals surface area contributed by atoms with Crippen LogP contribution in [0.15, 0.2) is 60.0 Å². The number of esters is 2. The Balaban J connectivity index is 1.73. The summed E-state index contributed by atoms with van der Waals surface area (Å²) < 4.78 is 9.79. The molecule has 7 nitrogen and oxygen atoms in total. The molecule has 1 aliphatic heterocycles. The molecule has 1 aromatic heterocycles. The number of hydrogen-bond donors (Lipinski definition) is 1. The number of H-pyrrole nitrogens is 1. The van der Waals surface area contributed by atoms with Gasteiger partial charge in [-0.1, -0.05) is 18.2 Å². The van der Waals surface area contributed by atoms with Crippen LogP contribution in [0.2, 0.25) is 0 Å². The van der Waals surface area contributed by atoms with Crippen molar-refractivity contribution in [2.45, 2.75) is 25.7 Å². The van der Waals surface area contributed by atoms with Gasteiger partial charge in [-0.3, -0.25) is 5.10 Å². The van der Waals surface area contributed by atoms with Gasteiger partial charge in [0.1, 0.15) is 5.70 Å². The molecule has 2 aliphatic rings. The lowest BCUT2D eigenvalue weighted by Crippen LogP contribution is -2.26. The van der Waals surface area contributed by atoms with Crippen molar-refractivity contribution in [1.82, 2.24) is 10.2 Å². The number of benzene rings is 1. The molecule has 0 saturated heterocycles. The third kappa shape index (κ3) is 3.54. The van der Waals surface area contributed by atoms with Crippen molar-refractivity contribution in [2.75, 3.05) is 19.1 Å². The molecule has 2 aromatic rings.